The molecule has 1 fully saturated rings. The Morgan fingerprint density at radius 3 is 3.05 bits per heavy atom. The van der Waals surface area contributed by atoms with Crippen molar-refractivity contribution in [3.05, 3.63) is 22.4 Å². The zero-order valence-electron chi connectivity index (χ0n) is 13.5. The summed E-state index contributed by atoms with van der Waals surface area (Å²) in [7, 11) is 0. The van der Waals surface area contributed by atoms with Crippen molar-refractivity contribution in [2.75, 3.05) is 32.7 Å². The van der Waals surface area contributed by atoms with Gasteiger partial charge in [0.25, 0.3) is 0 Å². The first-order valence-electron chi connectivity index (χ1n) is 8.01. The van der Waals surface area contributed by atoms with Gasteiger partial charge in [-0.1, -0.05) is 13.0 Å². The molecule has 0 saturated carbocycles. The van der Waals surface area contributed by atoms with Crippen molar-refractivity contribution in [1.82, 2.24) is 15.5 Å². The number of carbonyl (C=O) groups excluding carboxylic acids is 1. The maximum atomic E-state index is 11.9. The van der Waals surface area contributed by atoms with Gasteiger partial charge in [-0.2, -0.15) is 0 Å². The molecule has 0 bridgehead atoms. The first kappa shape index (κ1) is 17.2. The molecule has 2 heterocycles. The molecule has 6 heteroatoms. The first-order valence-corrected chi connectivity index (χ1v) is 8.89. The maximum absolute atomic E-state index is 11.9. The van der Waals surface area contributed by atoms with E-state index in [0.29, 0.717) is 12.5 Å². The number of amides is 2. The summed E-state index contributed by atoms with van der Waals surface area (Å²) < 4.78 is 0. The quantitative estimate of drug-likeness (QED) is 0.749. The van der Waals surface area contributed by atoms with Crippen LogP contribution in [0.25, 0.3) is 0 Å². The van der Waals surface area contributed by atoms with E-state index in [-0.39, 0.29) is 12.6 Å². The van der Waals surface area contributed by atoms with Crippen LogP contribution >= 0.6 is 11.3 Å². The Balaban J connectivity index is 1.70. The van der Waals surface area contributed by atoms with Gasteiger partial charge >= 0.3 is 6.03 Å². The van der Waals surface area contributed by atoms with Crippen LogP contribution in [0.1, 0.15) is 31.6 Å². The second-order valence-corrected chi connectivity index (χ2v) is 7.16. The highest BCUT2D eigenvalue weighted by Gasteiger charge is 2.25. The van der Waals surface area contributed by atoms with Crippen LogP contribution in [0.5, 0.6) is 0 Å². The van der Waals surface area contributed by atoms with Crippen LogP contribution in [0.15, 0.2) is 17.5 Å². The molecular weight excluding hydrogens is 298 g/mol. The van der Waals surface area contributed by atoms with Gasteiger partial charge in [-0.05, 0) is 50.2 Å². The highest BCUT2D eigenvalue weighted by molar-refractivity contribution is 7.10. The van der Waals surface area contributed by atoms with Gasteiger partial charge in [-0.25, -0.2) is 4.79 Å². The van der Waals surface area contributed by atoms with Crippen LogP contribution in [0.4, 0.5) is 4.79 Å². The lowest BCUT2D eigenvalue weighted by Crippen LogP contribution is -2.46. The summed E-state index contributed by atoms with van der Waals surface area (Å²) >= 11 is 1.49. The number of carbonyl (C=O) groups is 1. The third-order valence-electron chi connectivity index (χ3n) is 4.25. The first-order chi connectivity index (χ1) is 10.5. The predicted octanol–water partition coefficient (Wildman–Crippen LogP) is 1.99. The van der Waals surface area contributed by atoms with E-state index >= 15 is 0 Å². The lowest BCUT2D eigenvalue weighted by molar-refractivity contribution is 0.0630. The summed E-state index contributed by atoms with van der Waals surface area (Å²) in [5.41, 5.74) is -1.02. The van der Waals surface area contributed by atoms with Crippen LogP contribution in [0.3, 0.4) is 0 Å². The third kappa shape index (κ3) is 4.97. The number of hydrogen-bond acceptors (Lipinski definition) is 4. The molecule has 3 N–H and O–H groups in total. The Kier molecular flexibility index (Phi) is 6.23. The SMILES string of the molecule is CCN1CCCC(CNC(=O)NCC(C)(O)c2cccs2)C1. The molecule has 2 amide bonds. The average molecular weight is 325 g/mol. The number of hydrogen-bond donors (Lipinski definition) is 3. The number of likely N-dealkylation sites (tertiary alicyclic amines) is 1. The molecule has 5 nitrogen and oxygen atoms in total. The summed E-state index contributed by atoms with van der Waals surface area (Å²) in [5.74, 6) is 0.525. The smallest absolute Gasteiger partial charge is 0.314 e. The minimum Gasteiger partial charge on any atom is -0.383 e. The van der Waals surface area contributed by atoms with E-state index in [1.807, 2.05) is 17.5 Å². The molecule has 1 aromatic heterocycles. The molecule has 0 aliphatic carbocycles. The molecule has 0 aromatic carbocycles. The second kappa shape index (κ2) is 7.94. The molecule has 1 aliphatic rings. The molecule has 1 saturated heterocycles. The summed E-state index contributed by atoms with van der Waals surface area (Å²) in [6.07, 6.45) is 2.37. The van der Waals surface area contributed by atoms with E-state index in [1.165, 1.54) is 30.7 Å². The fraction of sp³-hybridized carbons (Fsp3) is 0.688. The van der Waals surface area contributed by atoms with Crippen molar-refractivity contribution in [2.45, 2.75) is 32.3 Å². The Morgan fingerprint density at radius 1 is 1.55 bits per heavy atom. The van der Waals surface area contributed by atoms with Gasteiger partial charge < -0.3 is 20.6 Å². The lowest BCUT2D eigenvalue weighted by Gasteiger charge is -2.32. The molecule has 124 valence electrons. The van der Waals surface area contributed by atoms with E-state index < -0.39 is 5.60 Å². The van der Waals surface area contributed by atoms with Crippen LogP contribution in [0, 0.1) is 5.92 Å². The molecule has 2 atom stereocenters. The van der Waals surface area contributed by atoms with E-state index in [0.717, 1.165) is 18.0 Å². The fourth-order valence-electron chi connectivity index (χ4n) is 2.83. The van der Waals surface area contributed by atoms with E-state index in [2.05, 4.69) is 22.5 Å². The zero-order valence-corrected chi connectivity index (χ0v) is 14.3. The summed E-state index contributed by atoms with van der Waals surface area (Å²) in [6.45, 7) is 8.11. The Labute approximate surface area is 136 Å². The Bertz CT molecular complexity index is 462. The van der Waals surface area contributed by atoms with Crippen molar-refractivity contribution in [3.8, 4) is 0 Å². The number of rotatable bonds is 6. The third-order valence-corrected chi connectivity index (χ3v) is 5.37. The number of piperidine rings is 1. The zero-order chi connectivity index (χ0) is 16.0. The molecule has 2 rings (SSSR count). The van der Waals surface area contributed by atoms with Gasteiger partial charge in [0.05, 0.1) is 6.54 Å². The Hall–Kier alpha value is -1.11. The van der Waals surface area contributed by atoms with Gasteiger partial charge in [0.15, 0.2) is 0 Å². The van der Waals surface area contributed by atoms with Gasteiger partial charge in [0.1, 0.15) is 5.60 Å². The monoisotopic (exact) mass is 325 g/mol. The normalized spacial score (nSPS) is 22.0. The van der Waals surface area contributed by atoms with E-state index in [9.17, 15) is 9.90 Å². The van der Waals surface area contributed by atoms with Gasteiger partial charge in [-0.3, -0.25) is 0 Å². The van der Waals surface area contributed by atoms with Crippen molar-refractivity contribution in [1.29, 1.82) is 0 Å². The second-order valence-electron chi connectivity index (χ2n) is 6.22. The number of nitrogens with zero attached hydrogens (tertiary/aromatic N) is 1. The molecule has 1 aliphatic heterocycles. The lowest BCUT2D eigenvalue weighted by atomic mass is 9.98. The molecule has 0 spiro atoms. The summed E-state index contributed by atoms with van der Waals surface area (Å²) in [4.78, 5) is 15.2. The van der Waals surface area contributed by atoms with Crippen molar-refractivity contribution in [2.24, 2.45) is 5.92 Å². The average Bonchev–Trinajstić information content (AvgIpc) is 3.06. The number of nitrogens with one attached hydrogen (secondary N) is 2. The van der Waals surface area contributed by atoms with Crippen LogP contribution in [-0.4, -0.2) is 48.8 Å². The van der Waals surface area contributed by atoms with Crippen molar-refractivity contribution < 1.29 is 9.90 Å². The predicted molar refractivity (Wildman–Crippen MR) is 90.1 cm³/mol. The summed E-state index contributed by atoms with van der Waals surface area (Å²) in [5, 5.41) is 18.0. The molecule has 1 aromatic rings. The van der Waals surface area contributed by atoms with Crippen molar-refractivity contribution in [3.63, 3.8) is 0 Å². The topological polar surface area (TPSA) is 64.6 Å². The van der Waals surface area contributed by atoms with Gasteiger partial charge in [0, 0.05) is 18.0 Å². The minimum absolute atomic E-state index is 0.203. The number of urea groups is 1. The molecule has 2 unspecified atom stereocenters. The maximum Gasteiger partial charge on any atom is 0.314 e. The highest BCUT2D eigenvalue weighted by atomic mass is 32.1. The van der Waals surface area contributed by atoms with Gasteiger partial charge in [0.2, 0.25) is 0 Å². The Morgan fingerprint density at radius 2 is 2.36 bits per heavy atom. The van der Waals surface area contributed by atoms with Crippen LogP contribution in [0.2, 0.25) is 0 Å². The molecular formula is C16H27N3O2S. The minimum atomic E-state index is -1.02. The van der Waals surface area contributed by atoms with Crippen molar-refractivity contribution >= 4 is 17.4 Å². The van der Waals surface area contributed by atoms with Gasteiger partial charge in [-0.15, -0.1) is 11.3 Å². The van der Waals surface area contributed by atoms with E-state index in [1.54, 1.807) is 6.92 Å². The number of thiophene rings is 1. The molecule has 0 radical (unpaired) electrons. The largest absolute Gasteiger partial charge is 0.383 e. The standard InChI is InChI=1S/C16H27N3O2S/c1-3-19-8-4-6-13(11-19)10-17-15(20)18-12-16(2,21)14-7-5-9-22-14/h5,7,9,13,21H,3-4,6,8,10-12H2,1-2H3,(H2,17,18,20). The van der Waals surface area contributed by atoms with E-state index in [4.69, 9.17) is 0 Å². The summed E-state index contributed by atoms with van der Waals surface area (Å²) in [6, 6.07) is 3.58. The fourth-order valence-corrected chi connectivity index (χ4v) is 3.62. The highest BCUT2D eigenvalue weighted by Crippen LogP contribution is 2.24. The molecule has 22 heavy (non-hydrogen) atoms. The number of aliphatic hydroxyl groups is 1. The van der Waals surface area contributed by atoms with Crippen LogP contribution < -0.4 is 10.6 Å². The van der Waals surface area contributed by atoms with Crippen LogP contribution in [-0.2, 0) is 5.60 Å².